The van der Waals surface area contributed by atoms with Crippen LogP contribution >= 0.6 is 22.9 Å². The topological polar surface area (TPSA) is 52.3 Å². The van der Waals surface area contributed by atoms with Gasteiger partial charge in [-0.15, -0.1) is 10.2 Å². The van der Waals surface area contributed by atoms with E-state index >= 15 is 0 Å². The van der Waals surface area contributed by atoms with E-state index in [0.29, 0.717) is 17.5 Å². The number of hydrogen-bond donors (Lipinski definition) is 0. The van der Waals surface area contributed by atoms with E-state index in [1.54, 1.807) is 4.52 Å². The fourth-order valence-electron chi connectivity index (χ4n) is 2.99. The minimum atomic E-state index is 0.460. The summed E-state index contributed by atoms with van der Waals surface area (Å²) in [5, 5.41) is 14.9. The second-order valence-electron chi connectivity index (χ2n) is 6.43. The number of ether oxygens (including phenoxy) is 1. The van der Waals surface area contributed by atoms with E-state index in [1.165, 1.54) is 11.3 Å². The zero-order chi connectivity index (χ0) is 19.6. The van der Waals surface area contributed by atoms with Crippen molar-refractivity contribution >= 4 is 27.9 Å². The number of nitrogens with zero attached hydrogens (tertiary/aromatic N) is 4. The standard InChI is InChI=1S/C22H15ClN4OS/c23-18-8-4-5-15(13-18)14-28-19-11-9-16(10-12-19)20-24-25-22-27(20)26-21(29-22)17-6-2-1-3-7-17/h1-13H,14H2. The van der Waals surface area contributed by atoms with Crippen LogP contribution < -0.4 is 4.74 Å². The maximum atomic E-state index is 6.02. The van der Waals surface area contributed by atoms with Crippen LogP contribution in [0.25, 0.3) is 26.9 Å². The van der Waals surface area contributed by atoms with Gasteiger partial charge in [0.05, 0.1) is 0 Å². The Morgan fingerprint density at radius 1 is 0.862 bits per heavy atom. The van der Waals surface area contributed by atoms with Crippen molar-refractivity contribution in [3.05, 3.63) is 89.4 Å². The summed E-state index contributed by atoms with van der Waals surface area (Å²) in [6.07, 6.45) is 0. The third-order valence-corrected chi connectivity index (χ3v) is 5.60. The van der Waals surface area contributed by atoms with E-state index < -0.39 is 0 Å². The van der Waals surface area contributed by atoms with Gasteiger partial charge in [-0.25, -0.2) is 0 Å². The van der Waals surface area contributed by atoms with E-state index in [0.717, 1.165) is 32.4 Å². The Hall–Kier alpha value is -3.22. The third kappa shape index (κ3) is 3.72. The summed E-state index contributed by atoms with van der Waals surface area (Å²) in [5.74, 6) is 1.48. The van der Waals surface area contributed by atoms with Crippen molar-refractivity contribution in [2.24, 2.45) is 0 Å². The molecule has 0 N–H and O–H groups in total. The van der Waals surface area contributed by atoms with E-state index in [2.05, 4.69) is 10.2 Å². The smallest absolute Gasteiger partial charge is 0.235 e. The molecule has 0 aliphatic heterocycles. The average Bonchev–Trinajstić information content (AvgIpc) is 3.34. The molecule has 0 spiro atoms. The summed E-state index contributed by atoms with van der Waals surface area (Å²) in [6.45, 7) is 0.460. The summed E-state index contributed by atoms with van der Waals surface area (Å²) in [5.41, 5.74) is 3.02. The molecule has 7 heteroatoms. The lowest BCUT2D eigenvalue weighted by molar-refractivity contribution is 0.306. The molecule has 0 atom stereocenters. The Kier molecular flexibility index (Phi) is 4.71. The number of fused-ring (bicyclic) bond motifs is 1. The third-order valence-electron chi connectivity index (χ3n) is 4.42. The van der Waals surface area contributed by atoms with Crippen LogP contribution in [0.5, 0.6) is 5.75 Å². The van der Waals surface area contributed by atoms with Crippen LogP contribution in [0, 0.1) is 0 Å². The summed E-state index contributed by atoms with van der Waals surface area (Å²) in [4.78, 5) is 0.764. The Bertz CT molecular complexity index is 1270. The molecule has 5 aromatic rings. The first-order chi connectivity index (χ1) is 14.3. The van der Waals surface area contributed by atoms with Crippen molar-refractivity contribution in [3.8, 4) is 27.7 Å². The molecule has 142 valence electrons. The molecule has 0 bridgehead atoms. The van der Waals surface area contributed by atoms with E-state index in [9.17, 15) is 0 Å². The molecule has 3 aromatic carbocycles. The van der Waals surface area contributed by atoms with Gasteiger partial charge in [-0.3, -0.25) is 0 Å². The Morgan fingerprint density at radius 3 is 2.48 bits per heavy atom. The number of hydrogen-bond acceptors (Lipinski definition) is 5. The van der Waals surface area contributed by atoms with Crippen molar-refractivity contribution in [2.75, 3.05) is 0 Å². The number of aromatic nitrogens is 4. The van der Waals surface area contributed by atoms with Crippen molar-refractivity contribution in [3.63, 3.8) is 0 Å². The van der Waals surface area contributed by atoms with Gasteiger partial charge in [0.1, 0.15) is 17.4 Å². The molecule has 0 unspecified atom stereocenters. The lowest BCUT2D eigenvalue weighted by Gasteiger charge is -2.07. The van der Waals surface area contributed by atoms with E-state index in [-0.39, 0.29) is 0 Å². The van der Waals surface area contributed by atoms with Crippen LogP contribution in [0.2, 0.25) is 5.02 Å². The molecule has 5 rings (SSSR count). The van der Waals surface area contributed by atoms with Gasteiger partial charge < -0.3 is 4.74 Å². The Labute approximate surface area is 176 Å². The van der Waals surface area contributed by atoms with Gasteiger partial charge in [-0.2, -0.15) is 9.61 Å². The second-order valence-corrected chi connectivity index (χ2v) is 7.83. The van der Waals surface area contributed by atoms with Gasteiger partial charge in [0, 0.05) is 16.1 Å². The van der Waals surface area contributed by atoms with Crippen LogP contribution in [-0.4, -0.2) is 19.8 Å². The molecular weight excluding hydrogens is 404 g/mol. The van der Waals surface area contributed by atoms with Crippen LogP contribution in [0.3, 0.4) is 0 Å². The largest absolute Gasteiger partial charge is 0.489 e. The molecule has 0 aliphatic carbocycles. The molecule has 0 saturated heterocycles. The first-order valence-electron chi connectivity index (χ1n) is 9.02. The Balaban J connectivity index is 1.37. The van der Waals surface area contributed by atoms with Crippen molar-refractivity contribution in [1.29, 1.82) is 0 Å². The fraction of sp³-hybridized carbons (Fsp3) is 0.0455. The molecule has 0 fully saturated rings. The fourth-order valence-corrected chi connectivity index (χ4v) is 4.05. The van der Waals surface area contributed by atoms with Crippen molar-refractivity contribution < 1.29 is 4.74 Å². The highest BCUT2D eigenvalue weighted by atomic mass is 35.5. The SMILES string of the molecule is Clc1cccc(COc2ccc(-c3nnc4sc(-c5ccccc5)nn34)cc2)c1. The molecule has 5 nitrogen and oxygen atoms in total. The second kappa shape index (κ2) is 7.66. The van der Waals surface area contributed by atoms with Gasteiger partial charge in [-0.1, -0.05) is 65.4 Å². The molecular formula is C22H15ClN4OS. The zero-order valence-electron chi connectivity index (χ0n) is 15.2. The van der Waals surface area contributed by atoms with Crippen molar-refractivity contribution in [1.82, 2.24) is 19.8 Å². The molecule has 0 aliphatic rings. The van der Waals surface area contributed by atoms with Crippen LogP contribution in [-0.2, 0) is 6.61 Å². The summed E-state index contributed by atoms with van der Waals surface area (Å²) in [7, 11) is 0. The maximum Gasteiger partial charge on any atom is 0.235 e. The summed E-state index contributed by atoms with van der Waals surface area (Å²) >= 11 is 7.54. The molecule has 2 heterocycles. The maximum absolute atomic E-state index is 6.02. The van der Waals surface area contributed by atoms with Gasteiger partial charge in [0.2, 0.25) is 4.96 Å². The minimum Gasteiger partial charge on any atom is -0.489 e. The first-order valence-corrected chi connectivity index (χ1v) is 10.2. The number of benzene rings is 3. The monoisotopic (exact) mass is 418 g/mol. The normalized spacial score (nSPS) is 11.1. The Morgan fingerprint density at radius 2 is 1.69 bits per heavy atom. The molecule has 0 amide bonds. The highest BCUT2D eigenvalue weighted by molar-refractivity contribution is 7.19. The highest BCUT2D eigenvalue weighted by Gasteiger charge is 2.14. The van der Waals surface area contributed by atoms with E-state index in [4.69, 9.17) is 21.4 Å². The lowest BCUT2D eigenvalue weighted by atomic mass is 10.2. The summed E-state index contributed by atoms with van der Waals surface area (Å²) in [6, 6.07) is 25.5. The molecule has 0 radical (unpaired) electrons. The van der Waals surface area contributed by atoms with Gasteiger partial charge in [0.25, 0.3) is 0 Å². The van der Waals surface area contributed by atoms with Crippen molar-refractivity contribution in [2.45, 2.75) is 6.61 Å². The lowest BCUT2D eigenvalue weighted by Crippen LogP contribution is -1.95. The predicted octanol–water partition coefficient (Wildman–Crippen LogP) is 5.75. The summed E-state index contributed by atoms with van der Waals surface area (Å²) < 4.78 is 7.64. The highest BCUT2D eigenvalue weighted by Crippen LogP contribution is 2.28. The average molecular weight is 419 g/mol. The predicted molar refractivity (Wildman–Crippen MR) is 115 cm³/mol. The molecule has 29 heavy (non-hydrogen) atoms. The van der Waals surface area contributed by atoms with Gasteiger partial charge in [-0.05, 0) is 42.0 Å². The quantitative estimate of drug-likeness (QED) is 0.364. The van der Waals surface area contributed by atoms with Crippen LogP contribution in [0.15, 0.2) is 78.9 Å². The van der Waals surface area contributed by atoms with Crippen LogP contribution in [0.4, 0.5) is 0 Å². The van der Waals surface area contributed by atoms with Gasteiger partial charge in [0.15, 0.2) is 5.82 Å². The zero-order valence-corrected chi connectivity index (χ0v) is 16.8. The number of halogens is 1. The molecule has 0 saturated carbocycles. The van der Waals surface area contributed by atoms with Gasteiger partial charge >= 0.3 is 0 Å². The van der Waals surface area contributed by atoms with Crippen LogP contribution in [0.1, 0.15) is 5.56 Å². The number of rotatable bonds is 5. The minimum absolute atomic E-state index is 0.460. The van der Waals surface area contributed by atoms with E-state index in [1.807, 2.05) is 78.9 Å². The molecule has 2 aromatic heterocycles. The first kappa shape index (κ1) is 17.8.